The van der Waals surface area contributed by atoms with Gasteiger partial charge >= 0.3 is 5.97 Å². The topological polar surface area (TPSA) is 79.1 Å². The van der Waals surface area contributed by atoms with Gasteiger partial charge in [0.05, 0.1) is 35.6 Å². The molecule has 48 heavy (non-hydrogen) atoms. The fraction of sp³-hybridized carbons (Fsp3) is 0.205. The summed E-state index contributed by atoms with van der Waals surface area (Å²) in [5.74, 6) is 0.905. The molecule has 0 saturated heterocycles. The molecule has 0 unspecified atom stereocenters. The number of rotatable bonds is 10. The van der Waals surface area contributed by atoms with Crippen LogP contribution in [-0.4, -0.2) is 24.3 Å². The Morgan fingerprint density at radius 3 is 2.44 bits per heavy atom. The predicted octanol–water partition coefficient (Wildman–Crippen LogP) is 7.30. The molecule has 244 valence electrons. The summed E-state index contributed by atoms with van der Waals surface area (Å²) in [4.78, 5) is 33.5. The van der Waals surface area contributed by atoms with Crippen molar-refractivity contribution in [3.05, 3.63) is 155 Å². The molecule has 6 rings (SSSR count). The smallest absolute Gasteiger partial charge is 0.338 e. The number of hydrogen-bond donors (Lipinski definition) is 0. The van der Waals surface area contributed by atoms with Gasteiger partial charge in [0.15, 0.2) is 16.3 Å². The van der Waals surface area contributed by atoms with Gasteiger partial charge in [-0.1, -0.05) is 110 Å². The minimum absolute atomic E-state index is 0.189. The maximum atomic E-state index is 14.3. The number of halogens is 1. The molecule has 0 bridgehead atoms. The fourth-order valence-corrected chi connectivity index (χ4v) is 6.87. The van der Waals surface area contributed by atoms with Crippen LogP contribution in [0, 0.1) is 0 Å². The number of methoxy groups -OCH3 is 1. The molecule has 0 amide bonds. The van der Waals surface area contributed by atoms with E-state index in [-0.39, 0.29) is 12.2 Å². The number of fused-ring (bicyclic) bond motifs is 1. The van der Waals surface area contributed by atoms with Crippen molar-refractivity contribution in [2.75, 3.05) is 13.7 Å². The van der Waals surface area contributed by atoms with Crippen LogP contribution >= 0.6 is 22.9 Å². The summed E-state index contributed by atoms with van der Waals surface area (Å²) in [5.41, 5.74) is 4.94. The van der Waals surface area contributed by atoms with Crippen LogP contribution in [-0.2, 0) is 16.1 Å². The zero-order valence-corrected chi connectivity index (χ0v) is 28.7. The van der Waals surface area contributed by atoms with E-state index in [1.165, 1.54) is 11.3 Å². The molecule has 0 radical (unpaired) electrons. The molecule has 1 aromatic heterocycles. The summed E-state index contributed by atoms with van der Waals surface area (Å²) >= 11 is 7.40. The van der Waals surface area contributed by atoms with E-state index < -0.39 is 12.0 Å². The van der Waals surface area contributed by atoms with Crippen LogP contribution < -0.4 is 24.4 Å². The lowest BCUT2D eigenvalue weighted by molar-refractivity contribution is -0.138. The van der Waals surface area contributed by atoms with Crippen molar-refractivity contribution >= 4 is 40.7 Å². The number of esters is 1. The Balaban J connectivity index is 1.47. The molecule has 1 atom stereocenters. The molecular formula is C39H35ClN2O5S. The third-order valence-corrected chi connectivity index (χ3v) is 9.28. The Bertz CT molecular complexity index is 2170. The summed E-state index contributed by atoms with van der Waals surface area (Å²) in [5, 5.41) is 0.639. The van der Waals surface area contributed by atoms with Crippen LogP contribution in [0.2, 0.25) is 5.02 Å². The Morgan fingerprint density at radius 1 is 0.979 bits per heavy atom. The summed E-state index contributed by atoms with van der Waals surface area (Å²) < 4.78 is 19.3. The Morgan fingerprint density at radius 2 is 1.75 bits per heavy atom. The minimum Gasteiger partial charge on any atom is -0.493 e. The van der Waals surface area contributed by atoms with Crippen LogP contribution in [0.15, 0.2) is 112 Å². The van der Waals surface area contributed by atoms with E-state index in [1.54, 1.807) is 18.6 Å². The van der Waals surface area contributed by atoms with Crippen LogP contribution in [0.5, 0.6) is 11.5 Å². The van der Waals surface area contributed by atoms with Crippen molar-refractivity contribution in [1.29, 1.82) is 0 Å². The van der Waals surface area contributed by atoms with E-state index in [0.717, 1.165) is 27.8 Å². The largest absolute Gasteiger partial charge is 0.493 e. The molecule has 1 aliphatic rings. The standard InChI is InChI=1S/C39H35ClN2O5S/c1-5-46-38(44)34-35(28-11-7-6-8-12-28)41-39-42(36(34)29-17-15-27(16-18-29)24(2)3)37(43)33(48-39)22-25-14-19-31(32(21-25)45-4)47-23-26-10-9-13-30(40)20-26/h6-22,24,36H,5,23H2,1-4H3/b33-22-/t36-/m1/s1. The lowest BCUT2D eigenvalue weighted by Crippen LogP contribution is -2.40. The zero-order chi connectivity index (χ0) is 33.8. The van der Waals surface area contributed by atoms with Crippen molar-refractivity contribution in [2.24, 2.45) is 4.99 Å². The molecule has 0 spiro atoms. The van der Waals surface area contributed by atoms with Gasteiger partial charge in [-0.2, -0.15) is 0 Å². The second-order valence-electron chi connectivity index (χ2n) is 11.6. The van der Waals surface area contributed by atoms with E-state index in [9.17, 15) is 9.59 Å². The van der Waals surface area contributed by atoms with Gasteiger partial charge in [-0.3, -0.25) is 9.36 Å². The molecule has 0 saturated carbocycles. The number of carbonyl (C=O) groups excluding carboxylic acids is 1. The number of hydrogen-bond acceptors (Lipinski definition) is 7. The molecule has 0 aliphatic carbocycles. The molecule has 0 N–H and O–H groups in total. The van der Waals surface area contributed by atoms with E-state index >= 15 is 0 Å². The van der Waals surface area contributed by atoms with Crippen molar-refractivity contribution in [3.8, 4) is 11.5 Å². The fourth-order valence-electron chi connectivity index (χ4n) is 5.65. The quantitative estimate of drug-likeness (QED) is 0.145. The van der Waals surface area contributed by atoms with Crippen LogP contribution in [0.4, 0.5) is 0 Å². The van der Waals surface area contributed by atoms with Gasteiger partial charge in [0.2, 0.25) is 0 Å². The SMILES string of the molecule is CCOC(=O)C1=C(c2ccccc2)N=c2s/c(=C\c3ccc(OCc4cccc(Cl)c4)c(OC)c3)c(=O)n2[C@@H]1c1ccc(C(C)C)cc1. The number of carbonyl (C=O) groups is 1. The van der Waals surface area contributed by atoms with Crippen molar-refractivity contribution in [3.63, 3.8) is 0 Å². The molecule has 2 heterocycles. The lowest BCUT2D eigenvalue weighted by Gasteiger charge is -2.26. The lowest BCUT2D eigenvalue weighted by atomic mass is 9.91. The van der Waals surface area contributed by atoms with E-state index in [2.05, 4.69) is 13.8 Å². The third-order valence-electron chi connectivity index (χ3n) is 8.06. The summed E-state index contributed by atoms with van der Waals surface area (Å²) in [6, 6.07) is 29.8. The third kappa shape index (κ3) is 6.86. The number of nitrogens with zero attached hydrogens (tertiary/aromatic N) is 2. The second kappa shape index (κ2) is 14.5. The second-order valence-corrected chi connectivity index (χ2v) is 13.0. The number of ether oxygens (including phenoxy) is 3. The molecule has 4 aromatic carbocycles. The van der Waals surface area contributed by atoms with Crippen LogP contribution in [0.1, 0.15) is 60.5 Å². The van der Waals surface area contributed by atoms with Crippen molar-refractivity contribution in [2.45, 2.75) is 39.3 Å². The van der Waals surface area contributed by atoms with Crippen molar-refractivity contribution < 1.29 is 19.0 Å². The number of benzene rings is 4. The van der Waals surface area contributed by atoms with Gasteiger partial charge in [-0.25, -0.2) is 9.79 Å². The first-order valence-corrected chi connectivity index (χ1v) is 16.9. The highest BCUT2D eigenvalue weighted by atomic mass is 35.5. The normalized spacial score (nSPS) is 14.5. The Hall–Kier alpha value is -4.92. The summed E-state index contributed by atoms with van der Waals surface area (Å²) in [6.45, 7) is 6.53. The van der Waals surface area contributed by atoms with E-state index in [1.807, 2.05) is 103 Å². The molecule has 1 aliphatic heterocycles. The van der Waals surface area contributed by atoms with Gasteiger partial charge in [0.1, 0.15) is 6.61 Å². The highest BCUT2D eigenvalue weighted by Crippen LogP contribution is 2.36. The van der Waals surface area contributed by atoms with Crippen LogP contribution in [0.25, 0.3) is 11.8 Å². The maximum Gasteiger partial charge on any atom is 0.338 e. The van der Waals surface area contributed by atoms with Crippen LogP contribution in [0.3, 0.4) is 0 Å². The first kappa shape index (κ1) is 33.0. The van der Waals surface area contributed by atoms with Gasteiger partial charge in [-0.05, 0) is 65.4 Å². The monoisotopic (exact) mass is 678 g/mol. The first-order chi connectivity index (χ1) is 23.3. The number of thiazole rings is 1. The highest BCUT2D eigenvalue weighted by Gasteiger charge is 2.35. The number of aromatic nitrogens is 1. The summed E-state index contributed by atoms with van der Waals surface area (Å²) in [6.07, 6.45) is 1.81. The molecule has 7 nitrogen and oxygen atoms in total. The Labute approximate surface area is 288 Å². The zero-order valence-electron chi connectivity index (χ0n) is 27.1. The van der Waals surface area contributed by atoms with E-state index in [0.29, 0.717) is 49.7 Å². The predicted molar refractivity (Wildman–Crippen MR) is 190 cm³/mol. The van der Waals surface area contributed by atoms with Crippen molar-refractivity contribution in [1.82, 2.24) is 4.57 Å². The molecule has 0 fully saturated rings. The highest BCUT2D eigenvalue weighted by molar-refractivity contribution is 7.07. The Kier molecular flexibility index (Phi) is 9.94. The van der Waals surface area contributed by atoms with Gasteiger partial charge in [0.25, 0.3) is 5.56 Å². The molecule has 5 aromatic rings. The maximum absolute atomic E-state index is 14.3. The summed E-state index contributed by atoms with van der Waals surface area (Å²) in [7, 11) is 1.58. The molecule has 9 heteroatoms. The minimum atomic E-state index is -0.740. The average Bonchev–Trinajstić information content (AvgIpc) is 3.41. The van der Waals surface area contributed by atoms with E-state index in [4.69, 9.17) is 30.8 Å². The van der Waals surface area contributed by atoms with Gasteiger partial charge in [-0.15, -0.1) is 0 Å². The molecular weight excluding hydrogens is 644 g/mol. The van der Waals surface area contributed by atoms with Gasteiger partial charge < -0.3 is 14.2 Å². The van der Waals surface area contributed by atoms with Gasteiger partial charge in [0, 0.05) is 10.6 Å². The average molecular weight is 679 g/mol. The first-order valence-electron chi connectivity index (χ1n) is 15.7.